The zero-order chi connectivity index (χ0) is 26.4. The van der Waals surface area contributed by atoms with Crippen molar-refractivity contribution in [1.29, 1.82) is 0 Å². The number of carbonyl (C=O) groups is 1. The van der Waals surface area contributed by atoms with E-state index in [1.165, 1.54) is 22.4 Å². The number of carbonyl (C=O) groups excluding carboxylic acids is 1. The van der Waals surface area contributed by atoms with E-state index in [-0.39, 0.29) is 16.7 Å². The summed E-state index contributed by atoms with van der Waals surface area (Å²) >= 11 is 1.74. The van der Waals surface area contributed by atoms with E-state index in [1.807, 2.05) is 15.5 Å². The Bertz CT molecular complexity index is 1380. The Labute approximate surface area is 223 Å². The third-order valence-electron chi connectivity index (χ3n) is 7.43. The zero-order valence-electron chi connectivity index (χ0n) is 22.8. The lowest BCUT2D eigenvalue weighted by Gasteiger charge is -2.31. The molecule has 194 valence electrons. The van der Waals surface area contributed by atoms with Crippen LogP contribution in [0, 0.1) is 0 Å². The second-order valence-corrected chi connectivity index (χ2v) is 13.1. The lowest BCUT2D eigenvalue weighted by atomic mass is 9.79. The number of likely N-dealkylation sites (tertiary alicyclic amines) is 1. The highest BCUT2D eigenvalue weighted by Crippen LogP contribution is 2.37. The van der Waals surface area contributed by atoms with Gasteiger partial charge in [0.25, 0.3) is 0 Å². The molecule has 0 atom stereocenters. The van der Waals surface area contributed by atoms with Gasteiger partial charge in [0.1, 0.15) is 17.1 Å². The number of piperidine rings is 1. The van der Waals surface area contributed by atoms with Crippen LogP contribution >= 0.6 is 11.3 Å². The van der Waals surface area contributed by atoms with Crippen LogP contribution in [0.25, 0.3) is 21.6 Å². The fourth-order valence-corrected chi connectivity index (χ4v) is 5.82. The second kappa shape index (κ2) is 9.67. The van der Waals surface area contributed by atoms with Crippen LogP contribution in [0.3, 0.4) is 0 Å². The number of hydrogen-bond donors (Lipinski definition) is 0. The minimum Gasteiger partial charge on any atom is -0.341 e. The SMILES string of the molecule is CC(C)(C)c1cc(-c2nc(C3CCN(C(=O)Cn4cnc5cnccc54)CC3)cs2)cc(C(C)(C)C)c1. The van der Waals surface area contributed by atoms with Crippen molar-refractivity contribution in [3.05, 3.63) is 65.2 Å². The van der Waals surface area contributed by atoms with Crippen molar-refractivity contribution in [2.45, 2.75) is 77.7 Å². The number of thiazole rings is 1. The van der Waals surface area contributed by atoms with Gasteiger partial charge in [-0.05, 0) is 53.0 Å². The Kier molecular flexibility index (Phi) is 6.69. The van der Waals surface area contributed by atoms with Crippen LogP contribution in [-0.2, 0) is 22.2 Å². The number of rotatable bonds is 4. The van der Waals surface area contributed by atoms with Gasteiger partial charge in [0, 0.05) is 36.1 Å². The van der Waals surface area contributed by atoms with Crippen molar-refractivity contribution in [3.8, 4) is 10.6 Å². The fraction of sp³-hybridized carbons (Fsp3) is 0.467. The maximum Gasteiger partial charge on any atom is 0.242 e. The molecule has 37 heavy (non-hydrogen) atoms. The summed E-state index contributed by atoms with van der Waals surface area (Å²) in [6, 6.07) is 8.89. The topological polar surface area (TPSA) is 63.9 Å². The van der Waals surface area contributed by atoms with E-state index in [9.17, 15) is 4.79 Å². The van der Waals surface area contributed by atoms with Crippen LogP contribution in [0.4, 0.5) is 0 Å². The van der Waals surface area contributed by atoms with Gasteiger partial charge in [-0.2, -0.15) is 0 Å². The van der Waals surface area contributed by atoms with Crippen LogP contribution < -0.4 is 0 Å². The van der Waals surface area contributed by atoms with Gasteiger partial charge in [0.2, 0.25) is 5.91 Å². The molecule has 0 spiro atoms. The zero-order valence-corrected chi connectivity index (χ0v) is 23.6. The first-order valence-electron chi connectivity index (χ1n) is 13.1. The van der Waals surface area contributed by atoms with Crippen molar-refractivity contribution in [1.82, 2.24) is 24.4 Å². The summed E-state index contributed by atoms with van der Waals surface area (Å²) in [6.45, 7) is 15.5. The summed E-state index contributed by atoms with van der Waals surface area (Å²) in [5.74, 6) is 0.532. The number of aromatic nitrogens is 4. The Morgan fingerprint density at radius 1 is 1.03 bits per heavy atom. The lowest BCUT2D eigenvalue weighted by molar-refractivity contribution is -0.132. The highest BCUT2D eigenvalue weighted by Gasteiger charge is 2.27. The summed E-state index contributed by atoms with van der Waals surface area (Å²) in [5, 5.41) is 3.32. The molecule has 1 aromatic carbocycles. The highest BCUT2D eigenvalue weighted by atomic mass is 32.1. The van der Waals surface area contributed by atoms with Crippen molar-refractivity contribution in [2.75, 3.05) is 13.1 Å². The Hall–Kier alpha value is -3.06. The molecule has 0 aliphatic carbocycles. The molecule has 0 radical (unpaired) electrons. The van der Waals surface area contributed by atoms with Gasteiger partial charge in [-0.1, -0.05) is 47.6 Å². The number of hydrogen-bond acceptors (Lipinski definition) is 5. The number of imidazole rings is 1. The third-order valence-corrected chi connectivity index (χ3v) is 8.34. The van der Waals surface area contributed by atoms with Gasteiger partial charge in [0.05, 0.1) is 23.7 Å². The molecule has 1 fully saturated rings. The summed E-state index contributed by atoms with van der Waals surface area (Å²) < 4.78 is 1.91. The minimum absolute atomic E-state index is 0.0787. The molecule has 0 bridgehead atoms. The monoisotopic (exact) mass is 515 g/mol. The second-order valence-electron chi connectivity index (χ2n) is 12.3. The summed E-state index contributed by atoms with van der Waals surface area (Å²) in [7, 11) is 0. The van der Waals surface area contributed by atoms with E-state index in [2.05, 4.69) is 75.1 Å². The van der Waals surface area contributed by atoms with Gasteiger partial charge in [0.15, 0.2) is 0 Å². The number of benzene rings is 1. The minimum atomic E-state index is 0.0787. The van der Waals surface area contributed by atoms with Crippen molar-refractivity contribution in [2.24, 2.45) is 0 Å². The average Bonchev–Trinajstić information content (AvgIpc) is 3.51. The predicted octanol–water partition coefficient (Wildman–Crippen LogP) is 6.56. The lowest BCUT2D eigenvalue weighted by Crippen LogP contribution is -2.39. The maximum absolute atomic E-state index is 13.0. The van der Waals surface area contributed by atoms with E-state index >= 15 is 0 Å². The van der Waals surface area contributed by atoms with E-state index in [0.29, 0.717) is 12.5 Å². The number of nitrogens with zero attached hydrogens (tertiary/aromatic N) is 5. The molecule has 0 N–H and O–H groups in total. The molecule has 4 heterocycles. The van der Waals surface area contributed by atoms with E-state index in [0.717, 1.165) is 42.0 Å². The molecule has 1 amide bonds. The molecule has 3 aromatic heterocycles. The van der Waals surface area contributed by atoms with Crippen LogP contribution in [-0.4, -0.2) is 43.4 Å². The Morgan fingerprint density at radius 3 is 2.35 bits per heavy atom. The van der Waals surface area contributed by atoms with Gasteiger partial charge in [-0.15, -0.1) is 11.3 Å². The normalized spacial score (nSPS) is 15.5. The smallest absolute Gasteiger partial charge is 0.242 e. The van der Waals surface area contributed by atoms with Crippen LogP contribution in [0.1, 0.15) is 77.1 Å². The average molecular weight is 516 g/mol. The first-order valence-corrected chi connectivity index (χ1v) is 14.0. The fourth-order valence-electron chi connectivity index (χ4n) is 4.93. The first-order chi connectivity index (χ1) is 17.5. The molecule has 6 nitrogen and oxygen atoms in total. The standard InChI is InChI=1S/C30H37N5OS/c1-29(2,3)22-13-21(14-23(15-22)30(4,5)6)28-33-25(18-37-28)20-8-11-34(12-9-20)27(36)17-35-19-32-24-16-31-10-7-26(24)35/h7,10,13-16,18-20H,8-9,11-12,17H2,1-6H3. The van der Waals surface area contributed by atoms with Gasteiger partial charge in [-0.3, -0.25) is 9.78 Å². The van der Waals surface area contributed by atoms with Crippen LogP contribution in [0.2, 0.25) is 0 Å². The van der Waals surface area contributed by atoms with Crippen LogP contribution in [0.5, 0.6) is 0 Å². The first kappa shape index (κ1) is 25.6. The molecule has 7 heteroatoms. The molecule has 0 unspecified atom stereocenters. The predicted molar refractivity (Wildman–Crippen MR) is 151 cm³/mol. The van der Waals surface area contributed by atoms with Gasteiger partial charge < -0.3 is 9.47 Å². The van der Waals surface area contributed by atoms with Crippen molar-refractivity contribution in [3.63, 3.8) is 0 Å². The molecular formula is C30H37N5OS. The molecule has 1 aliphatic rings. The van der Waals surface area contributed by atoms with Gasteiger partial charge >= 0.3 is 0 Å². The summed E-state index contributed by atoms with van der Waals surface area (Å²) in [6.07, 6.45) is 7.08. The Morgan fingerprint density at radius 2 is 1.70 bits per heavy atom. The molecule has 5 rings (SSSR count). The molecule has 1 aliphatic heterocycles. The van der Waals surface area contributed by atoms with E-state index in [4.69, 9.17) is 4.98 Å². The number of amides is 1. The van der Waals surface area contributed by atoms with E-state index in [1.54, 1.807) is 30.1 Å². The summed E-state index contributed by atoms with van der Waals surface area (Å²) in [4.78, 5) is 28.6. The molecular weight excluding hydrogens is 478 g/mol. The quantitative estimate of drug-likeness (QED) is 0.309. The largest absolute Gasteiger partial charge is 0.341 e. The van der Waals surface area contributed by atoms with Crippen molar-refractivity contribution >= 4 is 28.3 Å². The van der Waals surface area contributed by atoms with Crippen molar-refractivity contribution < 1.29 is 4.79 Å². The van der Waals surface area contributed by atoms with Crippen LogP contribution in [0.15, 0.2) is 48.4 Å². The maximum atomic E-state index is 13.0. The number of fused-ring (bicyclic) bond motifs is 1. The molecule has 1 saturated heterocycles. The molecule has 4 aromatic rings. The Balaban J connectivity index is 1.27. The van der Waals surface area contributed by atoms with E-state index < -0.39 is 0 Å². The summed E-state index contributed by atoms with van der Waals surface area (Å²) in [5.41, 5.74) is 6.99. The van der Waals surface area contributed by atoms with Gasteiger partial charge in [-0.25, -0.2) is 9.97 Å². The highest BCUT2D eigenvalue weighted by molar-refractivity contribution is 7.13. The number of pyridine rings is 1. The third kappa shape index (κ3) is 5.47. The molecule has 0 saturated carbocycles.